The second-order valence-corrected chi connectivity index (χ2v) is 4.63. The molecule has 1 heterocycles. The van der Waals surface area contributed by atoms with Crippen LogP contribution < -0.4 is 22.9 Å². The van der Waals surface area contributed by atoms with Crippen molar-refractivity contribution >= 4 is 11.9 Å². The molecule has 1 aromatic heterocycles. The maximum atomic E-state index is 9.89. The Balaban J connectivity index is 2.00. The van der Waals surface area contributed by atoms with Gasteiger partial charge >= 0.3 is 0 Å². The van der Waals surface area contributed by atoms with Crippen molar-refractivity contribution in [2.45, 2.75) is 43.5 Å². The fraction of sp³-hybridized carbons (Fsp3) is 0.778. The van der Waals surface area contributed by atoms with Crippen LogP contribution in [0.1, 0.15) is 6.42 Å². The number of anilines is 2. The Hall–Kier alpha value is -1.46. The highest BCUT2D eigenvalue weighted by molar-refractivity contribution is 5.25. The zero-order valence-electron chi connectivity index (χ0n) is 10.3. The van der Waals surface area contributed by atoms with E-state index in [0.29, 0.717) is 6.42 Å². The molecule has 0 radical (unpaired) electrons. The minimum Gasteiger partial charge on any atom is -0.389 e. The number of aromatic nitrogens is 3. The van der Waals surface area contributed by atoms with E-state index < -0.39 is 30.4 Å². The summed E-state index contributed by atoms with van der Waals surface area (Å²) < 4.78 is 6.67. The van der Waals surface area contributed by atoms with Crippen LogP contribution in [0.5, 0.6) is 0 Å². The van der Waals surface area contributed by atoms with Crippen LogP contribution in [0.25, 0.3) is 0 Å². The molecule has 0 unspecified atom stereocenters. The van der Waals surface area contributed by atoms with Crippen molar-refractivity contribution in [3.8, 4) is 0 Å². The normalized spacial score (nSPS) is 35.5. The summed E-state index contributed by atoms with van der Waals surface area (Å²) in [5.74, 6) is 0.116. The molecule has 1 fully saturated rings. The van der Waals surface area contributed by atoms with Crippen LogP contribution in [-0.2, 0) is 11.5 Å². The molecule has 1 aliphatic rings. The molecule has 1 saturated carbocycles. The Morgan fingerprint density at radius 3 is 2.47 bits per heavy atom. The number of nitrogens with two attached hydrogens (primary N) is 4. The number of aliphatic hydroxyl groups is 2. The number of hydrogen-bond donors (Lipinski definition) is 6. The third-order valence-corrected chi connectivity index (χ3v) is 3.20. The molecule has 0 amide bonds. The average Bonchev–Trinajstić information content (AvgIpc) is 2.65. The fourth-order valence-corrected chi connectivity index (χ4v) is 2.13. The summed E-state index contributed by atoms with van der Waals surface area (Å²) in [6.45, 7) is -0.0760. The Bertz CT molecular complexity index is 439. The molecule has 0 saturated heterocycles. The van der Waals surface area contributed by atoms with Gasteiger partial charge in [0.1, 0.15) is 18.9 Å². The van der Waals surface area contributed by atoms with Gasteiger partial charge in [0, 0.05) is 12.1 Å². The van der Waals surface area contributed by atoms with Crippen molar-refractivity contribution in [3.05, 3.63) is 0 Å². The molecule has 0 aromatic carbocycles. The van der Waals surface area contributed by atoms with Gasteiger partial charge in [-0.25, -0.2) is 4.68 Å². The lowest BCUT2D eigenvalue weighted by Gasteiger charge is -2.39. The largest absolute Gasteiger partial charge is 0.389 e. The van der Waals surface area contributed by atoms with Crippen molar-refractivity contribution < 1.29 is 14.9 Å². The van der Waals surface area contributed by atoms with Gasteiger partial charge in [-0.05, 0) is 6.42 Å². The maximum Gasteiger partial charge on any atom is 0.241 e. The van der Waals surface area contributed by atoms with Gasteiger partial charge in [0.25, 0.3) is 0 Å². The molecule has 0 bridgehead atoms. The monoisotopic (exact) mass is 273 g/mol. The van der Waals surface area contributed by atoms with Crippen LogP contribution in [0.15, 0.2) is 0 Å². The van der Waals surface area contributed by atoms with Crippen molar-refractivity contribution in [3.63, 3.8) is 0 Å². The molecule has 2 rings (SSSR count). The molecule has 5 atom stereocenters. The molecule has 1 aliphatic carbocycles. The molecule has 0 aliphatic heterocycles. The van der Waals surface area contributed by atoms with Gasteiger partial charge in [-0.2, -0.15) is 4.98 Å². The standard InChI is InChI=1S/C9H19N7O3/c10-3-1-4(11)7(6(18)5(3)17)19-2-16-9(13)14-8(12)15-16/h3-7,17-18H,1-2,10-11H2,(H4,12,13,14,15)/t3-,4+,5+,6-,7-/m1/s1. The van der Waals surface area contributed by atoms with Gasteiger partial charge in [-0.3, -0.25) is 0 Å². The molecular formula is C9H19N7O3. The van der Waals surface area contributed by atoms with E-state index in [4.69, 9.17) is 27.7 Å². The number of aliphatic hydroxyl groups excluding tert-OH is 2. The van der Waals surface area contributed by atoms with Crippen LogP contribution in [0, 0.1) is 0 Å². The molecule has 10 nitrogen and oxygen atoms in total. The third-order valence-electron chi connectivity index (χ3n) is 3.20. The molecular weight excluding hydrogens is 254 g/mol. The van der Waals surface area contributed by atoms with E-state index in [9.17, 15) is 10.2 Å². The van der Waals surface area contributed by atoms with E-state index in [1.807, 2.05) is 0 Å². The van der Waals surface area contributed by atoms with Crippen molar-refractivity contribution in [1.29, 1.82) is 0 Å². The number of ether oxygens (including phenoxy) is 1. The Labute approximate surface area is 109 Å². The van der Waals surface area contributed by atoms with E-state index in [2.05, 4.69) is 10.1 Å². The first-order chi connectivity index (χ1) is 8.90. The first-order valence-electron chi connectivity index (χ1n) is 5.85. The second kappa shape index (κ2) is 5.27. The van der Waals surface area contributed by atoms with Crippen LogP contribution in [-0.4, -0.2) is 55.4 Å². The molecule has 108 valence electrons. The fourth-order valence-electron chi connectivity index (χ4n) is 2.13. The summed E-state index contributed by atoms with van der Waals surface area (Å²) in [4.78, 5) is 3.70. The lowest BCUT2D eigenvalue weighted by molar-refractivity contribution is -0.142. The minimum atomic E-state index is -1.17. The van der Waals surface area contributed by atoms with Crippen LogP contribution >= 0.6 is 0 Å². The summed E-state index contributed by atoms with van der Waals surface area (Å²) in [7, 11) is 0. The highest BCUT2D eigenvalue weighted by Gasteiger charge is 2.41. The molecule has 10 heteroatoms. The minimum absolute atomic E-state index is 0.0247. The highest BCUT2D eigenvalue weighted by atomic mass is 16.5. The number of nitrogens with zero attached hydrogens (tertiary/aromatic N) is 3. The zero-order chi connectivity index (χ0) is 14.2. The second-order valence-electron chi connectivity index (χ2n) is 4.63. The van der Waals surface area contributed by atoms with E-state index >= 15 is 0 Å². The molecule has 0 spiro atoms. The highest BCUT2D eigenvalue weighted by Crippen LogP contribution is 2.21. The Morgan fingerprint density at radius 1 is 1.21 bits per heavy atom. The van der Waals surface area contributed by atoms with Crippen LogP contribution in [0.4, 0.5) is 11.9 Å². The van der Waals surface area contributed by atoms with Crippen LogP contribution in [0.3, 0.4) is 0 Å². The summed E-state index contributed by atoms with van der Waals surface area (Å²) in [6, 6.07) is -1.06. The Morgan fingerprint density at radius 2 is 1.89 bits per heavy atom. The van der Waals surface area contributed by atoms with E-state index in [-0.39, 0.29) is 18.6 Å². The van der Waals surface area contributed by atoms with Gasteiger partial charge in [0.2, 0.25) is 11.9 Å². The SMILES string of the molecule is Nc1nc(N)n(CO[C@H]2[C@H](O)[C@@H](O)[C@H](N)C[C@@H]2N)n1. The molecule has 19 heavy (non-hydrogen) atoms. The van der Waals surface area contributed by atoms with E-state index in [0.717, 1.165) is 0 Å². The first kappa shape index (κ1) is 14.0. The third kappa shape index (κ3) is 2.77. The maximum absolute atomic E-state index is 9.89. The summed E-state index contributed by atoms with van der Waals surface area (Å²) in [5, 5.41) is 23.4. The van der Waals surface area contributed by atoms with Crippen molar-refractivity contribution in [2.75, 3.05) is 11.5 Å². The number of nitrogen functional groups attached to an aromatic ring is 2. The Kier molecular flexibility index (Phi) is 3.87. The van der Waals surface area contributed by atoms with E-state index in [1.54, 1.807) is 0 Å². The predicted molar refractivity (Wildman–Crippen MR) is 66.3 cm³/mol. The summed E-state index contributed by atoms with van der Waals surface area (Å²) in [6.07, 6.45) is -2.67. The van der Waals surface area contributed by atoms with Gasteiger partial charge in [-0.15, -0.1) is 5.10 Å². The lowest BCUT2D eigenvalue weighted by Crippen LogP contribution is -2.62. The van der Waals surface area contributed by atoms with Crippen LogP contribution in [0.2, 0.25) is 0 Å². The summed E-state index contributed by atoms with van der Waals surface area (Å²) in [5.41, 5.74) is 22.4. The molecule has 1 aromatic rings. The van der Waals surface area contributed by atoms with Crippen molar-refractivity contribution in [1.82, 2.24) is 14.8 Å². The topological polar surface area (TPSA) is 184 Å². The lowest BCUT2D eigenvalue weighted by atomic mass is 9.85. The van der Waals surface area contributed by atoms with E-state index in [1.165, 1.54) is 4.68 Å². The van der Waals surface area contributed by atoms with Gasteiger partial charge in [0.05, 0.1) is 6.10 Å². The van der Waals surface area contributed by atoms with Crippen molar-refractivity contribution in [2.24, 2.45) is 11.5 Å². The summed E-state index contributed by atoms with van der Waals surface area (Å²) >= 11 is 0. The van der Waals surface area contributed by atoms with Gasteiger partial charge in [-0.1, -0.05) is 0 Å². The first-order valence-corrected chi connectivity index (χ1v) is 5.85. The van der Waals surface area contributed by atoms with Gasteiger partial charge in [0.15, 0.2) is 0 Å². The molecule has 10 N–H and O–H groups in total. The predicted octanol–water partition coefficient (Wildman–Crippen LogP) is -3.43. The average molecular weight is 273 g/mol. The van der Waals surface area contributed by atoms with Gasteiger partial charge < -0.3 is 37.9 Å². The number of hydrogen-bond acceptors (Lipinski definition) is 9. The number of rotatable bonds is 3. The smallest absolute Gasteiger partial charge is 0.241 e. The quantitative estimate of drug-likeness (QED) is 0.326. The zero-order valence-corrected chi connectivity index (χ0v) is 10.3.